The predicted molar refractivity (Wildman–Crippen MR) is 157 cm³/mol. The van der Waals surface area contributed by atoms with Gasteiger partial charge < -0.3 is 25.3 Å². The molecule has 0 bridgehead atoms. The topological polar surface area (TPSA) is 167 Å². The number of imide groups is 1. The van der Waals surface area contributed by atoms with Crippen LogP contribution in [0.15, 0.2) is 54.7 Å². The van der Waals surface area contributed by atoms with Crippen molar-refractivity contribution in [2.45, 2.75) is 70.2 Å². The van der Waals surface area contributed by atoms with E-state index in [9.17, 15) is 29.3 Å². The number of H-pyrrole nitrogens is 1. The molecule has 2 fully saturated rings. The third-order valence-electron chi connectivity index (χ3n) is 7.60. The Morgan fingerprint density at radius 3 is 2.56 bits per heavy atom. The Kier molecular flexibility index (Phi) is 8.07. The van der Waals surface area contributed by atoms with E-state index in [-0.39, 0.29) is 24.2 Å². The molecule has 2 aromatic carbocycles. The monoisotopic (exact) mass is 590 g/mol. The van der Waals surface area contributed by atoms with Crippen LogP contribution >= 0.6 is 0 Å². The van der Waals surface area contributed by atoms with Crippen LogP contribution in [0.25, 0.3) is 10.9 Å². The summed E-state index contributed by atoms with van der Waals surface area (Å²) in [5, 5.41) is 17.7. The second kappa shape index (κ2) is 11.7. The van der Waals surface area contributed by atoms with Gasteiger partial charge in [-0.05, 0) is 57.4 Å². The van der Waals surface area contributed by atoms with Gasteiger partial charge in [-0.25, -0.2) is 14.5 Å². The SMILES string of the molecule is CC(C)(C)OC(=O)N[C@@H](Cc1c[nH]c2ccccc12)C(=O)N[C@H]1CCCN2C(=O)N(c3ccc([N+](=O)[O-])cc3)C(=O)C[C@H]12. The number of rotatable bonds is 7. The molecule has 2 saturated heterocycles. The highest BCUT2D eigenvalue weighted by atomic mass is 16.6. The van der Waals surface area contributed by atoms with Gasteiger partial charge in [-0.1, -0.05) is 18.2 Å². The van der Waals surface area contributed by atoms with E-state index in [2.05, 4.69) is 15.6 Å². The van der Waals surface area contributed by atoms with E-state index in [1.165, 1.54) is 24.3 Å². The van der Waals surface area contributed by atoms with Crippen molar-refractivity contribution >= 4 is 46.2 Å². The largest absolute Gasteiger partial charge is 0.444 e. The second-order valence-electron chi connectivity index (χ2n) is 11.8. The number of carbonyl (C=O) groups is 4. The lowest BCUT2D eigenvalue weighted by atomic mass is 9.91. The van der Waals surface area contributed by atoms with Gasteiger partial charge in [-0.2, -0.15) is 0 Å². The van der Waals surface area contributed by atoms with E-state index in [1.54, 1.807) is 31.9 Å². The molecule has 3 heterocycles. The smallest absolute Gasteiger partial charge is 0.408 e. The molecule has 13 heteroatoms. The highest BCUT2D eigenvalue weighted by Gasteiger charge is 2.45. The van der Waals surface area contributed by atoms with Crippen LogP contribution < -0.4 is 15.5 Å². The van der Waals surface area contributed by atoms with Gasteiger partial charge >= 0.3 is 12.1 Å². The number of urea groups is 1. The van der Waals surface area contributed by atoms with Gasteiger partial charge in [-0.3, -0.25) is 19.7 Å². The predicted octanol–water partition coefficient (Wildman–Crippen LogP) is 4.02. The average molecular weight is 591 g/mol. The first-order valence-corrected chi connectivity index (χ1v) is 14.1. The molecule has 43 heavy (non-hydrogen) atoms. The number of carbonyl (C=O) groups excluding carboxylic acids is 4. The molecule has 2 aliphatic rings. The fourth-order valence-electron chi connectivity index (χ4n) is 5.66. The number of hydrogen-bond donors (Lipinski definition) is 3. The number of alkyl carbamates (subject to hydrolysis) is 1. The lowest BCUT2D eigenvalue weighted by Crippen LogP contribution is -2.66. The van der Waals surface area contributed by atoms with E-state index >= 15 is 0 Å². The standard InChI is InChI=1S/C30H34N6O7/c1-30(2,3)43-28(39)33-24(15-18-17-31-22-8-5-4-7-21(18)22)27(38)32-23-9-6-14-34-25(23)16-26(37)35(29(34)40)19-10-12-20(13-11-19)36(41)42/h4-5,7-8,10-13,17,23-25,31H,6,9,14-16H2,1-3H3,(H,32,38)(H,33,39)/t23-,24-,25+/m0/s1. The molecule has 3 aromatic rings. The summed E-state index contributed by atoms with van der Waals surface area (Å²) in [4.78, 5) is 69.4. The van der Waals surface area contributed by atoms with Crippen molar-refractivity contribution < 1.29 is 28.8 Å². The Morgan fingerprint density at radius 2 is 1.86 bits per heavy atom. The van der Waals surface area contributed by atoms with Crippen molar-refractivity contribution in [2.24, 2.45) is 0 Å². The number of hydrogen-bond acceptors (Lipinski definition) is 7. The van der Waals surface area contributed by atoms with Crippen molar-refractivity contribution in [3.8, 4) is 0 Å². The van der Waals surface area contributed by atoms with Gasteiger partial charge in [0.25, 0.3) is 5.69 Å². The van der Waals surface area contributed by atoms with E-state index in [1.807, 2.05) is 24.3 Å². The maximum absolute atomic E-state index is 13.7. The van der Waals surface area contributed by atoms with E-state index in [4.69, 9.17) is 4.74 Å². The lowest BCUT2D eigenvalue weighted by molar-refractivity contribution is -0.384. The van der Waals surface area contributed by atoms with Gasteiger partial charge in [0.15, 0.2) is 0 Å². The van der Waals surface area contributed by atoms with Crippen molar-refractivity contribution in [1.82, 2.24) is 20.5 Å². The minimum absolute atomic E-state index is 0.0414. The average Bonchev–Trinajstić information content (AvgIpc) is 3.35. The van der Waals surface area contributed by atoms with Crippen LogP contribution in [0.1, 0.15) is 45.6 Å². The number of piperidine rings is 1. The van der Waals surface area contributed by atoms with E-state index in [0.29, 0.717) is 19.4 Å². The van der Waals surface area contributed by atoms with Crippen molar-refractivity contribution in [1.29, 1.82) is 0 Å². The third-order valence-corrected chi connectivity index (χ3v) is 7.60. The molecule has 0 unspecified atom stereocenters. The van der Waals surface area contributed by atoms with Crippen LogP contribution in [-0.2, 0) is 20.7 Å². The number of nitro benzene ring substituents is 1. The van der Waals surface area contributed by atoms with Gasteiger partial charge in [0, 0.05) is 48.2 Å². The number of nitrogens with zero attached hydrogens (tertiary/aromatic N) is 3. The number of aromatic amines is 1. The van der Waals surface area contributed by atoms with Gasteiger partial charge in [0.05, 0.1) is 23.1 Å². The van der Waals surface area contributed by atoms with Crippen molar-refractivity contribution in [3.63, 3.8) is 0 Å². The first kappa shape index (κ1) is 29.5. The Hall–Kier alpha value is -4.94. The number of fused-ring (bicyclic) bond motifs is 2. The number of aromatic nitrogens is 1. The Balaban J connectivity index is 1.34. The number of nitrogens with one attached hydrogen (secondary N) is 3. The number of nitro groups is 1. The molecule has 13 nitrogen and oxygen atoms in total. The quantitative estimate of drug-likeness (QED) is 0.276. The summed E-state index contributed by atoms with van der Waals surface area (Å²) in [6, 6.07) is 10.2. The number of benzene rings is 2. The highest BCUT2D eigenvalue weighted by molar-refractivity contribution is 6.16. The van der Waals surface area contributed by atoms with Gasteiger partial charge in [0.2, 0.25) is 11.8 Å². The summed E-state index contributed by atoms with van der Waals surface area (Å²) >= 11 is 0. The van der Waals surface area contributed by atoms with Crippen LogP contribution in [0.2, 0.25) is 0 Å². The number of amides is 5. The Bertz CT molecular complexity index is 1560. The molecule has 0 saturated carbocycles. The minimum atomic E-state index is -0.990. The Labute approximate surface area is 247 Å². The zero-order valence-corrected chi connectivity index (χ0v) is 24.2. The zero-order chi connectivity index (χ0) is 30.9. The highest BCUT2D eigenvalue weighted by Crippen LogP contribution is 2.31. The van der Waals surface area contributed by atoms with Crippen LogP contribution in [0.5, 0.6) is 0 Å². The van der Waals surface area contributed by atoms with E-state index < -0.39 is 52.6 Å². The summed E-state index contributed by atoms with van der Waals surface area (Å²) in [7, 11) is 0. The lowest BCUT2D eigenvalue weighted by Gasteiger charge is -2.46. The molecule has 0 spiro atoms. The molecule has 226 valence electrons. The summed E-state index contributed by atoms with van der Waals surface area (Å²) in [5.41, 5.74) is 1.05. The zero-order valence-electron chi connectivity index (χ0n) is 24.2. The molecule has 0 aliphatic carbocycles. The molecule has 3 atom stereocenters. The van der Waals surface area contributed by atoms with Crippen molar-refractivity contribution in [3.05, 3.63) is 70.4 Å². The number of ether oxygens (including phenoxy) is 1. The fraction of sp³-hybridized carbons (Fsp3) is 0.400. The molecular formula is C30H34N6O7. The minimum Gasteiger partial charge on any atom is -0.444 e. The number of non-ortho nitro benzene ring substituents is 1. The molecular weight excluding hydrogens is 556 g/mol. The van der Waals surface area contributed by atoms with E-state index in [0.717, 1.165) is 21.4 Å². The number of para-hydroxylation sites is 1. The van der Waals surface area contributed by atoms with Crippen LogP contribution in [0, 0.1) is 10.1 Å². The third kappa shape index (κ3) is 6.45. The molecule has 5 amide bonds. The first-order valence-electron chi connectivity index (χ1n) is 14.1. The fourth-order valence-corrected chi connectivity index (χ4v) is 5.66. The molecule has 1 aromatic heterocycles. The maximum atomic E-state index is 13.7. The van der Waals surface area contributed by atoms with Crippen LogP contribution in [-0.4, -0.2) is 69.0 Å². The molecule has 0 radical (unpaired) electrons. The summed E-state index contributed by atoms with van der Waals surface area (Å²) in [6.07, 6.45) is 2.33. The molecule has 5 rings (SSSR count). The normalized spacial score (nSPS) is 19.5. The summed E-state index contributed by atoms with van der Waals surface area (Å²) < 4.78 is 5.43. The van der Waals surface area contributed by atoms with Crippen molar-refractivity contribution in [2.75, 3.05) is 11.4 Å². The number of anilines is 1. The summed E-state index contributed by atoms with van der Waals surface area (Å²) in [6.45, 7) is 5.58. The van der Waals surface area contributed by atoms with Gasteiger partial charge in [0.1, 0.15) is 11.6 Å². The molecule has 3 N–H and O–H groups in total. The van der Waals surface area contributed by atoms with Crippen LogP contribution in [0.3, 0.4) is 0 Å². The second-order valence-corrected chi connectivity index (χ2v) is 11.8. The first-order chi connectivity index (χ1) is 20.4. The maximum Gasteiger partial charge on any atom is 0.408 e. The Morgan fingerprint density at radius 1 is 1.14 bits per heavy atom. The van der Waals surface area contributed by atoms with Crippen LogP contribution in [0.4, 0.5) is 21.0 Å². The molecule has 2 aliphatic heterocycles. The summed E-state index contributed by atoms with van der Waals surface area (Å²) in [5.74, 6) is -0.927. The van der Waals surface area contributed by atoms with Gasteiger partial charge in [-0.15, -0.1) is 0 Å².